The van der Waals surface area contributed by atoms with Gasteiger partial charge in [0.25, 0.3) is 0 Å². The summed E-state index contributed by atoms with van der Waals surface area (Å²) < 4.78 is 16.8. The van der Waals surface area contributed by atoms with E-state index in [2.05, 4.69) is 36.4 Å². The summed E-state index contributed by atoms with van der Waals surface area (Å²) in [7, 11) is 0. The predicted octanol–water partition coefficient (Wildman–Crippen LogP) is 5.16. The zero-order valence-electron chi connectivity index (χ0n) is 18.4. The minimum absolute atomic E-state index is 0.335. The number of aliphatic carboxylic acids is 1. The van der Waals surface area contributed by atoms with E-state index in [1.54, 1.807) is 6.92 Å². The van der Waals surface area contributed by atoms with Crippen LogP contribution in [-0.2, 0) is 22.4 Å². The molecule has 1 unspecified atom stereocenters. The maximum absolute atomic E-state index is 11.2. The van der Waals surface area contributed by atoms with Gasteiger partial charge < -0.3 is 19.3 Å². The van der Waals surface area contributed by atoms with E-state index in [1.807, 2.05) is 42.5 Å². The minimum atomic E-state index is -0.946. The zero-order valence-corrected chi connectivity index (χ0v) is 18.4. The quantitative estimate of drug-likeness (QED) is 0.377. The molecule has 0 amide bonds. The van der Waals surface area contributed by atoms with Crippen LogP contribution in [0.1, 0.15) is 30.0 Å². The minimum Gasteiger partial charge on any atom is -0.493 e. The number of carboxylic acids is 1. The van der Waals surface area contributed by atoms with Crippen molar-refractivity contribution in [1.29, 1.82) is 0 Å². The lowest BCUT2D eigenvalue weighted by Gasteiger charge is -2.13. The summed E-state index contributed by atoms with van der Waals surface area (Å²) in [5, 5.41) is 9.18. The fraction of sp³-hybridized carbons (Fsp3) is 0.296. The summed E-state index contributed by atoms with van der Waals surface area (Å²) in [6.45, 7) is 3.28. The SMILES string of the molecule is CCOC(Cc1ccc(OCCCOc2ccc(Cc3ccccc3)cc2)cc1)C(=O)O. The molecule has 0 radical (unpaired) electrons. The van der Waals surface area contributed by atoms with Gasteiger partial charge in [0.1, 0.15) is 11.5 Å². The van der Waals surface area contributed by atoms with Crippen LogP contribution in [0.4, 0.5) is 0 Å². The smallest absolute Gasteiger partial charge is 0.333 e. The highest BCUT2D eigenvalue weighted by molar-refractivity contribution is 5.72. The van der Waals surface area contributed by atoms with Crippen LogP contribution in [0.25, 0.3) is 0 Å². The molecule has 0 aliphatic rings. The van der Waals surface area contributed by atoms with E-state index < -0.39 is 12.1 Å². The van der Waals surface area contributed by atoms with E-state index in [0.29, 0.717) is 26.2 Å². The lowest BCUT2D eigenvalue weighted by Crippen LogP contribution is -2.26. The number of hydrogen-bond donors (Lipinski definition) is 1. The van der Waals surface area contributed by atoms with E-state index >= 15 is 0 Å². The number of benzene rings is 3. The molecular formula is C27H30O5. The second kappa shape index (κ2) is 12.5. The number of carboxylic acid groups (broad SMARTS) is 1. The highest BCUT2D eigenvalue weighted by Gasteiger charge is 2.17. The largest absolute Gasteiger partial charge is 0.493 e. The molecule has 1 atom stereocenters. The van der Waals surface area contributed by atoms with Crippen molar-refractivity contribution in [3.05, 3.63) is 95.6 Å². The van der Waals surface area contributed by atoms with Gasteiger partial charge in [-0.05, 0) is 54.3 Å². The lowest BCUT2D eigenvalue weighted by molar-refractivity contribution is -0.149. The van der Waals surface area contributed by atoms with E-state index in [9.17, 15) is 9.90 Å². The first-order valence-electron chi connectivity index (χ1n) is 11.0. The van der Waals surface area contributed by atoms with Crippen LogP contribution in [0.15, 0.2) is 78.9 Å². The van der Waals surface area contributed by atoms with Crippen LogP contribution >= 0.6 is 0 Å². The molecule has 3 aromatic carbocycles. The Bertz CT molecular complexity index is 936. The molecule has 0 aromatic heterocycles. The van der Waals surface area contributed by atoms with E-state index in [0.717, 1.165) is 29.9 Å². The van der Waals surface area contributed by atoms with Gasteiger partial charge in [-0.25, -0.2) is 4.79 Å². The second-order valence-electron chi connectivity index (χ2n) is 7.49. The third-order valence-corrected chi connectivity index (χ3v) is 4.99. The van der Waals surface area contributed by atoms with Crippen LogP contribution in [0.3, 0.4) is 0 Å². The Morgan fingerprint density at radius 2 is 1.31 bits per heavy atom. The zero-order chi connectivity index (χ0) is 22.6. The molecule has 3 aromatic rings. The Kier molecular flexibility index (Phi) is 9.14. The van der Waals surface area contributed by atoms with Gasteiger partial charge in [0.05, 0.1) is 13.2 Å². The van der Waals surface area contributed by atoms with E-state index in [4.69, 9.17) is 14.2 Å². The molecule has 5 nitrogen and oxygen atoms in total. The third kappa shape index (κ3) is 7.75. The average molecular weight is 435 g/mol. The van der Waals surface area contributed by atoms with Crippen LogP contribution < -0.4 is 9.47 Å². The number of ether oxygens (including phenoxy) is 3. The molecule has 0 bridgehead atoms. The first-order valence-corrected chi connectivity index (χ1v) is 11.0. The van der Waals surface area contributed by atoms with Crippen molar-refractivity contribution in [2.45, 2.75) is 32.3 Å². The van der Waals surface area contributed by atoms with Crippen molar-refractivity contribution in [2.24, 2.45) is 0 Å². The van der Waals surface area contributed by atoms with Crippen molar-refractivity contribution in [3.63, 3.8) is 0 Å². The van der Waals surface area contributed by atoms with Gasteiger partial charge in [0, 0.05) is 19.4 Å². The van der Waals surface area contributed by atoms with Gasteiger partial charge >= 0.3 is 5.97 Å². The Hall–Kier alpha value is -3.31. The Morgan fingerprint density at radius 1 is 0.781 bits per heavy atom. The summed E-state index contributed by atoms with van der Waals surface area (Å²) in [4.78, 5) is 11.2. The fourth-order valence-electron chi connectivity index (χ4n) is 3.33. The van der Waals surface area contributed by atoms with Crippen LogP contribution in [-0.4, -0.2) is 37.0 Å². The Balaban J connectivity index is 1.35. The van der Waals surface area contributed by atoms with Gasteiger partial charge in [0.15, 0.2) is 6.10 Å². The highest BCUT2D eigenvalue weighted by Crippen LogP contribution is 2.17. The topological polar surface area (TPSA) is 65.0 Å². The van der Waals surface area contributed by atoms with Gasteiger partial charge in [-0.2, -0.15) is 0 Å². The Labute approximate surface area is 189 Å². The van der Waals surface area contributed by atoms with Crippen LogP contribution in [0, 0.1) is 0 Å². The first-order chi connectivity index (χ1) is 15.6. The van der Waals surface area contributed by atoms with Gasteiger partial charge in [-0.1, -0.05) is 54.6 Å². The van der Waals surface area contributed by atoms with Crippen molar-refractivity contribution < 1.29 is 24.1 Å². The molecule has 5 heteroatoms. The van der Waals surface area contributed by atoms with Gasteiger partial charge in [0.2, 0.25) is 0 Å². The number of rotatable bonds is 13. The summed E-state index contributed by atoms with van der Waals surface area (Å²) >= 11 is 0. The average Bonchev–Trinajstić information content (AvgIpc) is 2.81. The molecule has 3 rings (SSSR count). The van der Waals surface area contributed by atoms with Crippen molar-refractivity contribution in [2.75, 3.05) is 19.8 Å². The fourth-order valence-corrected chi connectivity index (χ4v) is 3.33. The van der Waals surface area contributed by atoms with Crippen molar-refractivity contribution in [3.8, 4) is 11.5 Å². The molecule has 32 heavy (non-hydrogen) atoms. The molecule has 0 heterocycles. The Morgan fingerprint density at radius 3 is 1.84 bits per heavy atom. The molecule has 0 aliphatic carbocycles. The summed E-state index contributed by atoms with van der Waals surface area (Å²) in [5.41, 5.74) is 3.45. The number of hydrogen-bond acceptors (Lipinski definition) is 4. The van der Waals surface area contributed by atoms with E-state index in [-0.39, 0.29) is 0 Å². The maximum Gasteiger partial charge on any atom is 0.333 e. The number of carbonyl (C=O) groups is 1. The standard InChI is InChI=1S/C27H30O5/c1-2-30-26(27(28)29)20-23-11-15-25(16-12-23)32-18-6-17-31-24-13-9-22(10-14-24)19-21-7-4-3-5-8-21/h3-5,7-16,26H,2,6,17-20H2,1H3,(H,28,29). The lowest BCUT2D eigenvalue weighted by atomic mass is 10.1. The molecule has 0 spiro atoms. The molecule has 1 N–H and O–H groups in total. The summed E-state index contributed by atoms with van der Waals surface area (Å²) in [5.74, 6) is 0.661. The monoisotopic (exact) mass is 434 g/mol. The van der Waals surface area contributed by atoms with Gasteiger partial charge in [-0.3, -0.25) is 0 Å². The molecule has 0 aliphatic heterocycles. The first kappa shape index (κ1) is 23.4. The summed E-state index contributed by atoms with van der Waals surface area (Å²) in [6, 6.07) is 26.1. The molecule has 0 saturated heterocycles. The van der Waals surface area contributed by atoms with Gasteiger partial charge in [-0.15, -0.1) is 0 Å². The predicted molar refractivity (Wildman–Crippen MR) is 124 cm³/mol. The third-order valence-electron chi connectivity index (χ3n) is 4.99. The normalized spacial score (nSPS) is 11.7. The highest BCUT2D eigenvalue weighted by atomic mass is 16.5. The van der Waals surface area contributed by atoms with Crippen molar-refractivity contribution in [1.82, 2.24) is 0 Å². The van der Waals surface area contributed by atoms with Crippen molar-refractivity contribution >= 4 is 5.97 Å². The molecular weight excluding hydrogens is 404 g/mol. The van der Waals surface area contributed by atoms with E-state index in [1.165, 1.54) is 11.1 Å². The maximum atomic E-state index is 11.2. The summed E-state index contributed by atoms with van der Waals surface area (Å²) in [6.07, 6.45) is 1.19. The molecule has 0 saturated carbocycles. The molecule has 168 valence electrons. The van der Waals surface area contributed by atoms with Crippen LogP contribution in [0.2, 0.25) is 0 Å². The second-order valence-corrected chi connectivity index (χ2v) is 7.49. The molecule has 0 fully saturated rings. The van der Waals surface area contributed by atoms with Crippen LogP contribution in [0.5, 0.6) is 11.5 Å².